The second-order valence-electron chi connectivity index (χ2n) is 4.67. The number of hydrogen-bond acceptors (Lipinski definition) is 2. The third kappa shape index (κ3) is 3.35. The normalized spacial score (nSPS) is 23.7. The van der Waals surface area contributed by atoms with E-state index >= 15 is 0 Å². The summed E-state index contributed by atoms with van der Waals surface area (Å²) in [6.07, 6.45) is 1.35. The van der Waals surface area contributed by atoms with Gasteiger partial charge in [-0.05, 0) is 34.1 Å². The van der Waals surface area contributed by atoms with Gasteiger partial charge < -0.3 is 9.64 Å². The predicted octanol–water partition coefficient (Wildman–Crippen LogP) is 1.87. The largest absolute Gasteiger partial charge is 0.371 e. The average molecular weight is 184 g/mol. The predicted molar refractivity (Wildman–Crippen MR) is 54.2 cm³/mol. The van der Waals surface area contributed by atoms with Crippen molar-refractivity contribution in [3.05, 3.63) is 0 Å². The van der Waals surface area contributed by atoms with Crippen LogP contribution in [0.15, 0.2) is 0 Å². The van der Waals surface area contributed by atoms with Gasteiger partial charge in [0.15, 0.2) is 0 Å². The molecule has 0 aromatic carbocycles. The lowest BCUT2D eigenvalue weighted by atomic mass is 10.2. The van der Waals surface area contributed by atoms with E-state index in [1.165, 1.54) is 0 Å². The first-order valence-corrected chi connectivity index (χ1v) is 4.86. The van der Waals surface area contributed by atoms with Crippen LogP contribution in [-0.4, -0.2) is 35.5 Å². The molecule has 1 N–H and O–H groups in total. The van der Waals surface area contributed by atoms with Crippen LogP contribution in [0.5, 0.6) is 0 Å². The van der Waals surface area contributed by atoms with Crippen LogP contribution in [0, 0.1) is 5.41 Å². The molecule has 1 saturated heterocycles. The summed E-state index contributed by atoms with van der Waals surface area (Å²) in [7, 11) is 0. The highest BCUT2D eigenvalue weighted by Gasteiger charge is 2.26. The van der Waals surface area contributed by atoms with E-state index in [0.29, 0.717) is 11.9 Å². The van der Waals surface area contributed by atoms with Crippen LogP contribution in [0.1, 0.15) is 34.1 Å². The summed E-state index contributed by atoms with van der Waals surface area (Å²) in [5, 5.41) is 7.48. The van der Waals surface area contributed by atoms with Crippen molar-refractivity contribution >= 4 is 5.84 Å². The smallest absolute Gasteiger partial charge is 0.0926 e. The number of likely N-dealkylation sites (tertiary alicyclic amines) is 1. The van der Waals surface area contributed by atoms with Crippen molar-refractivity contribution in [2.75, 3.05) is 13.1 Å². The highest BCUT2D eigenvalue weighted by molar-refractivity contribution is 5.76. The van der Waals surface area contributed by atoms with Gasteiger partial charge in [0.05, 0.1) is 17.5 Å². The maximum atomic E-state index is 7.48. The highest BCUT2D eigenvalue weighted by Crippen LogP contribution is 2.19. The van der Waals surface area contributed by atoms with Crippen LogP contribution < -0.4 is 0 Å². The van der Waals surface area contributed by atoms with Crippen molar-refractivity contribution in [1.82, 2.24) is 4.90 Å². The molecular formula is C10H20N2O. The molecule has 1 heterocycles. The van der Waals surface area contributed by atoms with Crippen LogP contribution in [-0.2, 0) is 4.74 Å². The fraction of sp³-hybridized carbons (Fsp3) is 0.900. The number of amidine groups is 1. The lowest BCUT2D eigenvalue weighted by Crippen LogP contribution is -2.31. The first-order chi connectivity index (χ1) is 5.88. The minimum absolute atomic E-state index is 0.0589. The molecule has 1 aliphatic heterocycles. The lowest BCUT2D eigenvalue weighted by molar-refractivity contribution is -0.0522. The average Bonchev–Trinajstić information content (AvgIpc) is 2.31. The fourth-order valence-electron chi connectivity index (χ4n) is 1.63. The molecule has 1 fully saturated rings. The fourth-order valence-corrected chi connectivity index (χ4v) is 1.63. The maximum Gasteiger partial charge on any atom is 0.0926 e. The number of nitrogens with one attached hydrogen (secondary N) is 1. The van der Waals surface area contributed by atoms with Gasteiger partial charge in [0, 0.05) is 13.1 Å². The Morgan fingerprint density at radius 2 is 2.08 bits per heavy atom. The number of rotatable bonds is 1. The van der Waals surface area contributed by atoms with Crippen molar-refractivity contribution in [1.29, 1.82) is 5.41 Å². The maximum absolute atomic E-state index is 7.48. The van der Waals surface area contributed by atoms with Crippen molar-refractivity contribution < 1.29 is 4.74 Å². The van der Waals surface area contributed by atoms with Gasteiger partial charge in [-0.25, -0.2) is 0 Å². The second-order valence-corrected chi connectivity index (χ2v) is 4.67. The molecule has 3 heteroatoms. The van der Waals surface area contributed by atoms with Gasteiger partial charge in [0.1, 0.15) is 0 Å². The van der Waals surface area contributed by atoms with E-state index in [2.05, 4.69) is 25.7 Å². The third-order valence-electron chi connectivity index (χ3n) is 2.14. The van der Waals surface area contributed by atoms with E-state index in [1.807, 2.05) is 6.92 Å². The summed E-state index contributed by atoms with van der Waals surface area (Å²) in [4.78, 5) is 2.07. The molecule has 0 aromatic heterocycles. The molecule has 0 bridgehead atoms. The lowest BCUT2D eigenvalue weighted by Gasteiger charge is -2.25. The molecule has 0 radical (unpaired) electrons. The van der Waals surface area contributed by atoms with E-state index < -0.39 is 0 Å². The van der Waals surface area contributed by atoms with Gasteiger partial charge in [-0.15, -0.1) is 0 Å². The summed E-state index contributed by atoms with van der Waals surface area (Å²) in [6, 6.07) is 0. The zero-order valence-electron chi connectivity index (χ0n) is 9.05. The van der Waals surface area contributed by atoms with E-state index in [4.69, 9.17) is 10.1 Å². The van der Waals surface area contributed by atoms with Crippen LogP contribution in [0.3, 0.4) is 0 Å². The number of nitrogens with zero attached hydrogens (tertiary/aromatic N) is 1. The molecule has 1 atom stereocenters. The van der Waals surface area contributed by atoms with Crippen molar-refractivity contribution in [2.24, 2.45) is 0 Å². The van der Waals surface area contributed by atoms with Crippen molar-refractivity contribution in [3.8, 4) is 0 Å². The van der Waals surface area contributed by atoms with Gasteiger partial charge in [-0.2, -0.15) is 0 Å². The summed E-state index contributed by atoms with van der Waals surface area (Å²) < 4.78 is 5.84. The van der Waals surface area contributed by atoms with Gasteiger partial charge >= 0.3 is 0 Å². The quantitative estimate of drug-likeness (QED) is 0.499. The Balaban J connectivity index is 2.38. The van der Waals surface area contributed by atoms with Crippen LogP contribution >= 0.6 is 0 Å². The first-order valence-electron chi connectivity index (χ1n) is 4.86. The SMILES string of the molecule is CC(=N)N1CCC(OC(C)(C)C)C1. The molecule has 1 aliphatic rings. The zero-order chi connectivity index (χ0) is 10.1. The Hall–Kier alpha value is -0.570. The van der Waals surface area contributed by atoms with Gasteiger partial charge in [0.25, 0.3) is 0 Å². The molecule has 0 spiro atoms. The van der Waals surface area contributed by atoms with E-state index in [-0.39, 0.29) is 5.60 Å². The van der Waals surface area contributed by atoms with E-state index in [0.717, 1.165) is 19.5 Å². The molecule has 1 rings (SSSR count). The minimum atomic E-state index is -0.0589. The Morgan fingerprint density at radius 1 is 1.46 bits per heavy atom. The van der Waals surface area contributed by atoms with E-state index in [9.17, 15) is 0 Å². The summed E-state index contributed by atoms with van der Waals surface area (Å²) in [5.41, 5.74) is -0.0589. The molecule has 13 heavy (non-hydrogen) atoms. The van der Waals surface area contributed by atoms with Gasteiger partial charge in [-0.3, -0.25) is 5.41 Å². The summed E-state index contributed by atoms with van der Waals surface area (Å²) in [6.45, 7) is 9.91. The Kier molecular flexibility index (Phi) is 2.96. The topological polar surface area (TPSA) is 36.3 Å². The standard InChI is InChI=1S/C10H20N2O/c1-8(11)12-6-5-9(7-12)13-10(2,3)4/h9,11H,5-7H2,1-4H3. The second kappa shape index (κ2) is 3.66. The molecular weight excluding hydrogens is 164 g/mol. The summed E-state index contributed by atoms with van der Waals surface area (Å²) >= 11 is 0. The number of ether oxygens (including phenoxy) is 1. The van der Waals surface area contributed by atoms with Gasteiger partial charge in [-0.1, -0.05) is 0 Å². The zero-order valence-corrected chi connectivity index (χ0v) is 9.05. The highest BCUT2D eigenvalue weighted by atomic mass is 16.5. The van der Waals surface area contributed by atoms with Crippen LogP contribution in [0.25, 0.3) is 0 Å². The molecule has 3 nitrogen and oxygen atoms in total. The van der Waals surface area contributed by atoms with Crippen molar-refractivity contribution in [2.45, 2.75) is 45.8 Å². The Labute approximate surface area is 80.6 Å². The third-order valence-corrected chi connectivity index (χ3v) is 2.14. The van der Waals surface area contributed by atoms with Crippen LogP contribution in [0.2, 0.25) is 0 Å². The Bertz CT molecular complexity index is 196. The molecule has 0 amide bonds. The first kappa shape index (κ1) is 10.5. The monoisotopic (exact) mass is 184 g/mol. The van der Waals surface area contributed by atoms with Crippen molar-refractivity contribution in [3.63, 3.8) is 0 Å². The molecule has 1 unspecified atom stereocenters. The van der Waals surface area contributed by atoms with Gasteiger partial charge in [0.2, 0.25) is 0 Å². The summed E-state index contributed by atoms with van der Waals surface area (Å²) in [5.74, 6) is 0.653. The Morgan fingerprint density at radius 3 is 2.46 bits per heavy atom. The van der Waals surface area contributed by atoms with E-state index in [1.54, 1.807) is 0 Å². The molecule has 76 valence electrons. The molecule has 0 saturated carbocycles. The molecule has 0 aliphatic carbocycles. The van der Waals surface area contributed by atoms with Crippen LogP contribution in [0.4, 0.5) is 0 Å². The molecule has 0 aromatic rings. The number of hydrogen-bond donors (Lipinski definition) is 1. The minimum Gasteiger partial charge on any atom is -0.371 e.